The van der Waals surface area contributed by atoms with Crippen LogP contribution in [0.5, 0.6) is 0 Å². The van der Waals surface area contributed by atoms with Gasteiger partial charge < -0.3 is 14.4 Å². The Morgan fingerprint density at radius 3 is 2.11 bits per heavy atom. The lowest BCUT2D eigenvalue weighted by molar-refractivity contribution is -0.139. The summed E-state index contributed by atoms with van der Waals surface area (Å²) in [6.45, 7) is 0. The molecule has 1 heterocycles. The summed E-state index contributed by atoms with van der Waals surface area (Å²) in [6.07, 6.45) is 7.49. The molecule has 0 atom stereocenters. The summed E-state index contributed by atoms with van der Waals surface area (Å²) in [5, 5.41) is 0. The molecular weight excluding hydrogens is 354 g/mol. The van der Waals surface area contributed by atoms with Gasteiger partial charge in [0.2, 0.25) is 0 Å². The van der Waals surface area contributed by atoms with Crippen LogP contribution in [-0.2, 0) is 25.5 Å². The standard InChI is InChI=1S/C23H21NO4/c1-27-22(25)20-10-6-7-15-24(21(20)23(26)28-2)19-13-11-18(12-14-19)16-17-8-4-3-5-9-17/h3-15H,16H2,1-2H3. The van der Waals surface area contributed by atoms with Gasteiger partial charge in [-0.3, -0.25) is 0 Å². The van der Waals surface area contributed by atoms with E-state index in [-0.39, 0.29) is 11.3 Å². The highest BCUT2D eigenvalue weighted by Crippen LogP contribution is 2.27. The summed E-state index contributed by atoms with van der Waals surface area (Å²) in [5.41, 5.74) is 3.34. The molecule has 0 unspecified atom stereocenters. The molecule has 142 valence electrons. The van der Waals surface area contributed by atoms with Crippen LogP contribution in [0.3, 0.4) is 0 Å². The fraction of sp³-hybridized carbons (Fsp3) is 0.130. The van der Waals surface area contributed by atoms with Crippen LogP contribution in [0.25, 0.3) is 0 Å². The highest BCUT2D eigenvalue weighted by Gasteiger charge is 2.27. The van der Waals surface area contributed by atoms with E-state index in [2.05, 4.69) is 12.1 Å². The first-order chi connectivity index (χ1) is 13.6. The van der Waals surface area contributed by atoms with E-state index in [0.717, 1.165) is 17.7 Å². The Hall–Kier alpha value is -3.60. The Kier molecular flexibility index (Phi) is 6.07. The second-order valence-electron chi connectivity index (χ2n) is 6.14. The van der Waals surface area contributed by atoms with Gasteiger partial charge in [-0.25, -0.2) is 9.59 Å². The molecule has 3 rings (SSSR count). The quantitative estimate of drug-likeness (QED) is 0.745. The minimum Gasteiger partial charge on any atom is -0.465 e. The predicted molar refractivity (Wildman–Crippen MR) is 108 cm³/mol. The SMILES string of the molecule is COC(=O)C1=C(C(=O)OC)N(c2ccc(Cc3ccccc3)cc2)C=CC=C1. The first kappa shape index (κ1) is 19.2. The molecular formula is C23H21NO4. The molecule has 5 nitrogen and oxygen atoms in total. The fourth-order valence-electron chi connectivity index (χ4n) is 2.97. The zero-order chi connectivity index (χ0) is 19.9. The average Bonchev–Trinajstić information content (AvgIpc) is 2.97. The molecule has 0 spiro atoms. The van der Waals surface area contributed by atoms with Gasteiger partial charge in [0, 0.05) is 11.9 Å². The van der Waals surface area contributed by atoms with Crippen molar-refractivity contribution in [2.45, 2.75) is 6.42 Å². The molecule has 0 fully saturated rings. The second kappa shape index (κ2) is 8.86. The molecule has 28 heavy (non-hydrogen) atoms. The molecule has 2 aromatic rings. The smallest absolute Gasteiger partial charge is 0.355 e. The number of carbonyl (C=O) groups excluding carboxylic acids is 2. The topological polar surface area (TPSA) is 55.8 Å². The van der Waals surface area contributed by atoms with E-state index in [0.29, 0.717) is 0 Å². The van der Waals surface area contributed by atoms with Crippen molar-refractivity contribution in [1.29, 1.82) is 0 Å². The number of allylic oxidation sites excluding steroid dienone is 2. The van der Waals surface area contributed by atoms with Gasteiger partial charge in [-0.2, -0.15) is 0 Å². The number of anilines is 1. The third-order valence-corrected chi connectivity index (χ3v) is 4.35. The van der Waals surface area contributed by atoms with E-state index in [4.69, 9.17) is 9.47 Å². The Labute approximate surface area is 164 Å². The summed E-state index contributed by atoms with van der Waals surface area (Å²) < 4.78 is 9.74. The average molecular weight is 375 g/mol. The number of methoxy groups -OCH3 is 2. The highest BCUT2D eigenvalue weighted by atomic mass is 16.5. The summed E-state index contributed by atoms with van der Waals surface area (Å²) in [6, 6.07) is 18.0. The molecule has 5 heteroatoms. The van der Waals surface area contributed by atoms with Gasteiger partial charge in [0.1, 0.15) is 5.70 Å². The van der Waals surface area contributed by atoms with Gasteiger partial charge >= 0.3 is 11.9 Å². The maximum absolute atomic E-state index is 12.4. The number of hydrogen-bond donors (Lipinski definition) is 0. The number of benzene rings is 2. The molecule has 0 amide bonds. The van der Waals surface area contributed by atoms with E-state index >= 15 is 0 Å². The largest absolute Gasteiger partial charge is 0.465 e. The van der Waals surface area contributed by atoms with Crippen molar-refractivity contribution in [2.75, 3.05) is 19.1 Å². The zero-order valence-corrected chi connectivity index (χ0v) is 15.8. The van der Waals surface area contributed by atoms with Crippen LogP contribution in [0.15, 0.2) is 90.3 Å². The first-order valence-electron chi connectivity index (χ1n) is 8.82. The summed E-state index contributed by atoms with van der Waals surface area (Å²) in [4.78, 5) is 26.3. The molecule has 0 saturated heterocycles. The lowest BCUT2D eigenvalue weighted by atomic mass is 10.0. The van der Waals surface area contributed by atoms with Crippen molar-refractivity contribution in [3.63, 3.8) is 0 Å². The lowest BCUT2D eigenvalue weighted by Crippen LogP contribution is -2.26. The van der Waals surface area contributed by atoms with Crippen LogP contribution < -0.4 is 4.90 Å². The number of hydrogen-bond acceptors (Lipinski definition) is 5. The van der Waals surface area contributed by atoms with Crippen LogP contribution in [0.1, 0.15) is 11.1 Å². The second-order valence-corrected chi connectivity index (χ2v) is 6.14. The highest BCUT2D eigenvalue weighted by molar-refractivity contribution is 6.05. The molecule has 1 aliphatic rings. The Morgan fingerprint density at radius 2 is 1.46 bits per heavy atom. The third-order valence-electron chi connectivity index (χ3n) is 4.35. The van der Waals surface area contributed by atoms with Crippen molar-refractivity contribution < 1.29 is 19.1 Å². The number of esters is 2. The Balaban J connectivity index is 1.95. The maximum Gasteiger partial charge on any atom is 0.355 e. The molecule has 1 aliphatic heterocycles. The molecule has 0 aromatic heterocycles. The van der Waals surface area contributed by atoms with E-state index in [9.17, 15) is 9.59 Å². The maximum atomic E-state index is 12.4. The van der Waals surface area contributed by atoms with Crippen LogP contribution in [0, 0.1) is 0 Å². The minimum absolute atomic E-state index is 0.107. The predicted octanol–water partition coefficient (Wildman–Crippen LogP) is 3.77. The monoisotopic (exact) mass is 375 g/mol. The van der Waals surface area contributed by atoms with E-state index < -0.39 is 11.9 Å². The summed E-state index contributed by atoms with van der Waals surface area (Å²) >= 11 is 0. The van der Waals surface area contributed by atoms with Gasteiger partial charge in [0.05, 0.1) is 19.8 Å². The zero-order valence-electron chi connectivity index (χ0n) is 15.8. The number of ether oxygens (including phenoxy) is 2. The molecule has 0 N–H and O–H groups in total. The first-order valence-corrected chi connectivity index (χ1v) is 8.82. The lowest BCUT2D eigenvalue weighted by Gasteiger charge is -2.23. The van der Waals surface area contributed by atoms with Gasteiger partial charge in [-0.15, -0.1) is 0 Å². The van der Waals surface area contributed by atoms with E-state index in [1.807, 2.05) is 42.5 Å². The van der Waals surface area contributed by atoms with Crippen molar-refractivity contribution in [2.24, 2.45) is 0 Å². The van der Waals surface area contributed by atoms with E-state index in [1.165, 1.54) is 19.8 Å². The Morgan fingerprint density at radius 1 is 0.821 bits per heavy atom. The molecule has 0 radical (unpaired) electrons. The molecule has 0 aliphatic carbocycles. The third kappa shape index (κ3) is 4.20. The summed E-state index contributed by atoms with van der Waals surface area (Å²) in [5.74, 6) is -1.23. The van der Waals surface area contributed by atoms with Gasteiger partial charge in [0.25, 0.3) is 0 Å². The molecule has 0 bridgehead atoms. The van der Waals surface area contributed by atoms with Crippen molar-refractivity contribution in [3.05, 3.63) is 101 Å². The number of carbonyl (C=O) groups is 2. The van der Waals surface area contributed by atoms with Crippen LogP contribution >= 0.6 is 0 Å². The van der Waals surface area contributed by atoms with E-state index in [1.54, 1.807) is 29.3 Å². The summed E-state index contributed by atoms with van der Waals surface area (Å²) in [7, 11) is 2.56. The Bertz CT molecular complexity index is 940. The van der Waals surface area contributed by atoms with Crippen LogP contribution in [-0.4, -0.2) is 26.2 Å². The number of rotatable bonds is 5. The van der Waals surface area contributed by atoms with Crippen molar-refractivity contribution >= 4 is 17.6 Å². The van der Waals surface area contributed by atoms with Crippen LogP contribution in [0.2, 0.25) is 0 Å². The molecule has 0 saturated carbocycles. The fourth-order valence-corrected chi connectivity index (χ4v) is 2.97. The van der Waals surface area contributed by atoms with Gasteiger partial charge in [0.15, 0.2) is 0 Å². The normalized spacial score (nSPS) is 13.3. The number of nitrogens with zero attached hydrogens (tertiary/aromatic N) is 1. The van der Waals surface area contributed by atoms with Crippen molar-refractivity contribution in [1.82, 2.24) is 0 Å². The minimum atomic E-state index is -0.620. The molecule has 2 aromatic carbocycles. The van der Waals surface area contributed by atoms with Gasteiger partial charge in [-0.1, -0.05) is 48.5 Å². The van der Waals surface area contributed by atoms with Gasteiger partial charge in [-0.05, 0) is 41.8 Å². The van der Waals surface area contributed by atoms with Crippen LogP contribution in [0.4, 0.5) is 5.69 Å². The van der Waals surface area contributed by atoms with Crippen molar-refractivity contribution in [3.8, 4) is 0 Å².